The molecule has 0 spiro atoms. The Bertz CT molecular complexity index is 1310. The van der Waals surface area contributed by atoms with E-state index in [4.69, 9.17) is 4.98 Å². The number of nitrogens with zero attached hydrogens (tertiary/aromatic N) is 3. The summed E-state index contributed by atoms with van der Waals surface area (Å²) in [6.07, 6.45) is 1.61. The number of carboxylic acids is 1. The zero-order valence-electron chi connectivity index (χ0n) is 16.8. The summed E-state index contributed by atoms with van der Waals surface area (Å²) in [5.41, 5.74) is 3.47. The molecule has 8 heteroatoms. The number of rotatable bonds is 5. The SMILES string of the molecule is Cc1cc(C(C)Nc2ccccc2C(=O)O)c2nc(-c3ccn[nH]3)n(C)c(=O)c2c1. The highest BCUT2D eigenvalue weighted by atomic mass is 16.4. The molecular weight excluding hydrogens is 382 g/mol. The average Bonchev–Trinajstić information content (AvgIpc) is 3.25. The molecular formula is C22H21N5O3. The summed E-state index contributed by atoms with van der Waals surface area (Å²) in [6, 6.07) is 12.0. The number of H-pyrrole nitrogens is 1. The highest BCUT2D eigenvalue weighted by Crippen LogP contribution is 2.28. The van der Waals surface area contributed by atoms with Gasteiger partial charge in [-0.25, -0.2) is 9.78 Å². The minimum Gasteiger partial charge on any atom is -0.478 e. The first-order chi connectivity index (χ1) is 14.4. The van der Waals surface area contributed by atoms with Crippen LogP contribution in [0.15, 0.2) is 53.5 Å². The molecule has 2 aromatic carbocycles. The number of benzene rings is 2. The van der Waals surface area contributed by atoms with E-state index < -0.39 is 5.97 Å². The van der Waals surface area contributed by atoms with E-state index in [9.17, 15) is 14.7 Å². The van der Waals surface area contributed by atoms with E-state index in [0.29, 0.717) is 28.1 Å². The third-order valence-corrected chi connectivity index (χ3v) is 5.09. The Labute approximate surface area is 172 Å². The maximum Gasteiger partial charge on any atom is 0.337 e. The Morgan fingerprint density at radius 3 is 2.70 bits per heavy atom. The second-order valence-corrected chi connectivity index (χ2v) is 7.24. The molecule has 4 rings (SSSR count). The van der Waals surface area contributed by atoms with Gasteiger partial charge in [-0.1, -0.05) is 18.2 Å². The fourth-order valence-electron chi connectivity index (χ4n) is 3.61. The molecule has 0 fully saturated rings. The third kappa shape index (κ3) is 3.32. The summed E-state index contributed by atoms with van der Waals surface area (Å²) in [6.45, 7) is 3.84. The molecule has 0 aliphatic carbocycles. The minimum atomic E-state index is -1.01. The van der Waals surface area contributed by atoms with Crippen LogP contribution in [0.25, 0.3) is 22.4 Å². The standard InChI is InChI=1S/C22H21N5O3/c1-12-10-15(13(2)24-17-7-5-4-6-14(17)22(29)30)19-16(11-12)21(28)27(3)20(25-19)18-8-9-23-26-18/h4-11,13,24H,1-3H3,(H,23,26)(H,29,30). The quantitative estimate of drug-likeness (QED) is 0.470. The zero-order valence-corrected chi connectivity index (χ0v) is 16.8. The fraction of sp³-hybridized carbons (Fsp3) is 0.182. The molecule has 0 aliphatic heterocycles. The molecule has 1 unspecified atom stereocenters. The lowest BCUT2D eigenvalue weighted by atomic mass is 10.0. The van der Waals surface area contributed by atoms with Gasteiger partial charge in [0.25, 0.3) is 5.56 Å². The van der Waals surface area contributed by atoms with Crippen molar-refractivity contribution in [2.45, 2.75) is 19.9 Å². The molecule has 0 bridgehead atoms. The molecule has 1 atom stereocenters. The number of hydrogen-bond donors (Lipinski definition) is 3. The van der Waals surface area contributed by atoms with E-state index in [1.54, 1.807) is 43.6 Å². The maximum atomic E-state index is 13.1. The lowest BCUT2D eigenvalue weighted by Crippen LogP contribution is -2.22. The second-order valence-electron chi connectivity index (χ2n) is 7.24. The van der Waals surface area contributed by atoms with E-state index in [1.165, 1.54) is 4.57 Å². The number of anilines is 1. The van der Waals surface area contributed by atoms with Crippen LogP contribution >= 0.6 is 0 Å². The Hall–Kier alpha value is -3.94. The number of nitrogens with one attached hydrogen (secondary N) is 2. The summed E-state index contributed by atoms with van der Waals surface area (Å²) in [5.74, 6) is -0.527. The van der Waals surface area contributed by atoms with Crippen molar-refractivity contribution >= 4 is 22.6 Å². The van der Waals surface area contributed by atoms with Crippen LogP contribution in [-0.4, -0.2) is 30.8 Å². The number of carbonyl (C=O) groups is 1. The van der Waals surface area contributed by atoms with Gasteiger partial charge < -0.3 is 10.4 Å². The van der Waals surface area contributed by atoms with E-state index in [-0.39, 0.29) is 17.2 Å². The number of hydrogen-bond acceptors (Lipinski definition) is 5. The van der Waals surface area contributed by atoms with Crippen LogP contribution in [0.5, 0.6) is 0 Å². The molecule has 0 aliphatic rings. The van der Waals surface area contributed by atoms with Crippen LogP contribution in [0, 0.1) is 6.92 Å². The number of aryl methyl sites for hydroxylation is 1. The molecule has 30 heavy (non-hydrogen) atoms. The van der Waals surface area contributed by atoms with Crippen molar-refractivity contribution in [3.8, 4) is 11.5 Å². The maximum absolute atomic E-state index is 13.1. The first kappa shape index (κ1) is 19.4. The van der Waals surface area contributed by atoms with Crippen molar-refractivity contribution in [1.29, 1.82) is 0 Å². The monoisotopic (exact) mass is 403 g/mol. The average molecular weight is 403 g/mol. The summed E-state index contributed by atoms with van der Waals surface area (Å²) in [5, 5.41) is 20.1. The van der Waals surface area contributed by atoms with Gasteiger partial charge >= 0.3 is 5.97 Å². The zero-order chi connectivity index (χ0) is 21.4. The number of aromatic nitrogens is 4. The van der Waals surface area contributed by atoms with Crippen molar-refractivity contribution in [2.75, 3.05) is 5.32 Å². The lowest BCUT2D eigenvalue weighted by Gasteiger charge is -2.20. The number of fused-ring (bicyclic) bond motifs is 1. The van der Waals surface area contributed by atoms with Crippen molar-refractivity contribution < 1.29 is 9.90 Å². The number of aromatic carboxylic acids is 1. The molecule has 4 aromatic rings. The van der Waals surface area contributed by atoms with Crippen LogP contribution in [0.4, 0.5) is 5.69 Å². The summed E-state index contributed by atoms with van der Waals surface area (Å²) in [7, 11) is 1.68. The third-order valence-electron chi connectivity index (χ3n) is 5.09. The van der Waals surface area contributed by atoms with Crippen molar-refractivity contribution in [3.63, 3.8) is 0 Å². The van der Waals surface area contributed by atoms with Gasteiger partial charge in [0.15, 0.2) is 5.82 Å². The Balaban J connectivity index is 1.88. The number of para-hydroxylation sites is 1. The van der Waals surface area contributed by atoms with Crippen molar-refractivity contribution in [1.82, 2.24) is 19.7 Å². The van der Waals surface area contributed by atoms with E-state index in [1.807, 2.05) is 26.0 Å². The van der Waals surface area contributed by atoms with Gasteiger partial charge in [0.05, 0.1) is 22.5 Å². The molecule has 2 aromatic heterocycles. The van der Waals surface area contributed by atoms with Crippen molar-refractivity contribution in [2.24, 2.45) is 7.05 Å². The smallest absolute Gasteiger partial charge is 0.337 e. The van der Waals surface area contributed by atoms with Gasteiger partial charge in [0.1, 0.15) is 5.69 Å². The van der Waals surface area contributed by atoms with E-state index in [2.05, 4.69) is 15.5 Å². The molecule has 8 nitrogen and oxygen atoms in total. The first-order valence-electron chi connectivity index (χ1n) is 9.46. The molecule has 0 radical (unpaired) electrons. The molecule has 3 N–H and O–H groups in total. The van der Waals surface area contributed by atoms with Crippen LogP contribution in [0.1, 0.15) is 34.5 Å². The lowest BCUT2D eigenvalue weighted by molar-refractivity contribution is 0.0698. The van der Waals surface area contributed by atoms with Gasteiger partial charge in [0.2, 0.25) is 0 Å². The predicted molar refractivity (Wildman–Crippen MR) is 115 cm³/mol. The topological polar surface area (TPSA) is 113 Å². The largest absolute Gasteiger partial charge is 0.478 e. The molecule has 2 heterocycles. The van der Waals surface area contributed by atoms with Crippen LogP contribution < -0.4 is 10.9 Å². The Morgan fingerprint density at radius 2 is 2.00 bits per heavy atom. The van der Waals surface area contributed by atoms with Gasteiger partial charge in [-0.15, -0.1) is 0 Å². The number of aromatic amines is 1. The van der Waals surface area contributed by atoms with Crippen LogP contribution in [0.3, 0.4) is 0 Å². The highest BCUT2D eigenvalue weighted by molar-refractivity contribution is 5.94. The molecule has 0 saturated carbocycles. The predicted octanol–water partition coefficient (Wildman–Crippen LogP) is 3.50. The van der Waals surface area contributed by atoms with Crippen LogP contribution in [0.2, 0.25) is 0 Å². The van der Waals surface area contributed by atoms with Gasteiger partial charge in [-0.2, -0.15) is 5.10 Å². The van der Waals surface area contributed by atoms with E-state index >= 15 is 0 Å². The minimum absolute atomic E-state index is 0.160. The normalized spacial score (nSPS) is 12.1. The first-order valence-corrected chi connectivity index (χ1v) is 9.46. The van der Waals surface area contributed by atoms with Gasteiger partial charge in [0, 0.05) is 24.5 Å². The Morgan fingerprint density at radius 1 is 1.23 bits per heavy atom. The summed E-state index contributed by atoms with van der Waals surface area (Å²) in [4.78, 5) is 29.4. The van der Waals surface area contributed by atoms with E-state index in [0.717, 1.165) is 11.1 Å². The summed E-state index contributed by atoms with van der Waals surface area (Å²) < 4.78 is 1.50. The second kappa shape index (κ2) is 7.47. The molecule has 152 valence electrons. The van der Waals surface area contributed by atoms with Gasteiger partial charge in [-0.3, -0.25) is 14.5 Å². The van der Waals surface area contributed by atoms with Crippen LogP contribution in [-0.2, 0) is 7.05 Å². The molecule has 0 saturated heterocycles. The highest BCUT2D eigenvalue weighted by Gasteiger charge is 2.19. The fourth-order valence-corrected chi connectivity index (χ4v) is 3.61. The summed E-state index contributed by atoms with van der Waals surface area (Å²) >= 11 is 0. The Kier molecular flexibility index (Phi) is 4.83. The van der Waals surface area contributed by atoms with Crippen molar-refractivity contribution in [3.05, 3.63) is 75.7 Å². The van der Waals surface area contributed by atoms with Gasteiger partial charge in [-0.05, 0) is 43.7 Å². The number of carboxylic acid groups (broad SMARTS) is 1. The molecule has 0 amide bonds.